The van der Waals surface area contributed by atoms with Gasteiger partial charge in [0.05, 0.1) is 11.7 Å². The number of hydrogen-bond donors (Lipinski definition) is 0. The lowest BCUT2D eigenvalue weighted by molar-refractivity contribution is -0.0198. The SMILES string of the molecule is C[C@H]([C@H]1CC(C)(C)O[C@@H]1[C@@H](C)P(c1ccccc1)c1ccccc1)P(c1ccccc1)c1ccccc1. The van der Waals surface area contributed by atoms with Crippen LogP contribution in [0.5, 0.6) is 0 Å². The van der Waals surface area contributed by atoms with Gasteiger partial charge in [0.15, 0.2) is 0 Å². The van der Waals surface area contributed by atoms with Gasteiger partial charge in [-0.05, 0) is 68.9 Å². The highest BCUT2D eigenvalue weighted by atomic mass is 31.1. The smallest absolute Gasteiger partial charge is 0.0688 e. The number of benzene rings is 4. The summed E-state index contributed by atoms with van der Waals surface area (Å²) in [5.41, 5.74) is 0.774. The zero-order chi connectivity index (χ0) is 25.8. The third kappa shape index (κ3) is 5.91. The highest BCUT2D eigenvalue weighted by Gasteiger charge is 2.48. The van der Waals surface area contributed by atoms with Gasteiger partial charge in [0, 0.05) is 5.66 Å². The average molecular weight is 525 g/mol. The van der Waals surface area contributed by atoms with Crippen LogP contribution in [0.4, 0.5) is 0 Å². The van der Waals surface area contributed by atoms with Crippen LogP contribution in [0.2, 0.25) is 0 Å². The Balaban J connectivity index is 1.55. The van der Waals surface area contributed by atoms with Crippen LogP contribution in [0.15, 0.2) is 121 Å². The van der Waals surface area contributed by atoms with Crippen molar-refractivity contribution in [3.05, 3.63) is 121 Å². The van der Waals surface area contributed by atoms with Gasteiger partial charge in [-0.3, -0.25) is 0 Å². The topological polar surface area (TPSA) is 9.23 Å². The maximum Gasteiger partial charge on any atom is 0.0688 e. The molecule has 1 aliphatic rings. The summed E-state index contributed by atoms with van der Waals surface area (Å²) in [7, 11) is -1.08. The summed E-state index contributed by atoms with van der Waals surface area (Å²) < 4.78 is 7.02. The van der Waals surface area contributed by atoms with Crippen molar-refractivity contribution in [3.8, 4) is 0 Å². The Kier molecular flexibility index (Phi) is 8.26. The van der Waals surface area contributed by atoms with Gasteiger partial charge >= 0.3 is 0 Å². The Hall–Kier alpha value is -2.30. The van der Waals surface area contributed by atoms with Crippen LogP contribution in [-0.2, 0) is 4.74 Å². The van der Waals surface area contributed by atoms with Crippen molar-refractivity contribution in [3.63, 3.8) is 0 Å². The molecule has 0 aliphatic carbocycles. The van der Waals surface area contributed by atoms with E-state index in [-0.39, 0.29) is 11.7 Å². The minimum absolute atomic E-state index is 0.124. The van der Waals surface area contributed by atoms with Crippen LogP contribution < -0.4 is 21.2 Å². The zero-order valence-electron chi connectivity index (χ0n) is 22.4. The Morgan fingerprint density at radius 3 is 1.24 bits per heavy atom. The summed E-state index contributed by atoms with van der Waals surface area (Å²) in [6, 6.07) is 44.6. The summed E-state index contributed by atoms with van der Waals surface area (Å²) in [5.74, 6) is 0.481. The molecule has 4 atom stereocenters. The van der Waals surface area contributed by atoms with Crippen molar-refractivity contribution in [2.24, 2.45) is 5.92 Å². The molecule has 37 heavy (non-hydrogen) atoms. The van der Waals surface area contributed by atoms with Crippen LogP contribution in [0.3, 0.4) is 0 Å². The lowest BCUT2D eigenvalue weighted by Gasteiger charge is -2.37. The molecule has 1 fully saturated rings. The van der Waals surface area contributed by atoms with E-state index in [1.165, 1.54) is 21.2 Å². The highest BCUT2D eigenvalue weighted by molar-refractivity contribution is 7.74. The molecule has 1 aliphatic heterocycles. The lowest BCUT2D eigenvalue weighted by atomic mass is 9.90. The van der Waals surface area contributed by atoms with E-state index >= 15 is 0 Å². The third-order valence-corrected chi connectivity index (χ3v) is 13.4. The fraction of sp³-hybridized carbons (Fsp3) is 0.294. The largest absolute Gasteiger partial charge is 0.371 e. The van der Waals surface area contributed by atoms with Gasteiger partial charge in [-0.2, -0.15) is 0 Å². The van der Waals surface area contributed by atoms with E-state index in [9.17, 15) is 0 Å². The summed E-state index contributed by atoms with van der Waals surface area (Å²) in [5, 5.41) is 5.79. The molecule has 1 saturated heterocycles. The molecule has 0 spiro atoms. The van der Waals surface area contributed by atoms with Crippen molar-refractivity contribution in [1.82, 2.24) is 0 Å². The van der Waals surface area contributed by atoms with E-state index in [4.69, 9.17) is 4.74 Å². The lowest BCUT2D eigenvalue weighted by Crippen LogP contribution is -2.38. The second-order valence-corrected chi connectivity index (χ2v) is 15.9. The van der Waals surface area contributed by atoms with Crippen LogP contribution in [0, 0.1) is 5.92 Å². The molecule has 0 amide bonds. The second kappa shape index (κ2) is 11.6. The molecule has 1 heterocycles. The summed E-state index contributed by atoms with van der Waals surface area (Å²) in [6.07, 6.45) is 1.29. The molecule has 3 heteroatoms. The van der Waals surface area contributed by atoms with Crippen molar-refractivity contribution in [1.29, 1.82) is 0 Å². The van der Waals surface area contributed by atoms with Crippen molar-refractivity contribution >= 4 is 37.1 Å². The first-order chi connectivity index (χ1) is 17.9. The first kappa shape index (κ1) is 26.3. The van der Waals surface area contributed by atoms with E-state index < -0.39 is 15.8 Å². The normalized spacial score (nSPS) is 20.7. The quantitative estimate of drug-likeness (QED) is 0.221. The number of hydrogen-bond acceptors (Lipinski definition) is 1. The first-order valence-corrected chi connectivity index (χ1v) is 16.2. The van der Waals surface area contributed by atoms with Gasteiger partial charge < -0.3 is 4.74 Å². The maximum absolute atomic E-state index is 7.02. The Bertz CT molecular complexity index is 1070. The van der Waals surface area contributed by atoms with E-state index in [2.05, 4.69) is 149 Å². The van der Waals surface area contributed by atoms with Gasteiger partial charge in [-0.15, -0.1) is 0 Å². The van der Waals surface area contributed by atoms with Gasteiger partial charge in [0.1, 0.15) is 0 Å². The molecule has 190 valence electrons. The molecule has 5 rings (SSSR count). The van der Waals surface area contributed by atoms with Crippen LogP contribution in [0.1, 0.15) is 34.1 Å². The first-order valence-electron chi connectivity index (χ1n) is 13.4. The van der Waals surface area contributed by atoms with E-state index in [0.717, 1.165) is 6.42 Å². The van der Waals surface area contributed by atoms with Gasteiger partial charge in [-0.1, -0.05) is 135 Å². The molecule has 1 nitrogen and oxygen atoms in total. The Morgan fingerprint density at radius 1 is 0.568 bits per heavy atom. The van der Waals surface area contributed by atoms with Crippen molar-refractivity contribution in [2.45, 2.75) is 57.1 Å². The maximum atomic E-state index is 7.02. The average Bonchev–Trinajstić information content (AvgIpc) is 3.27. The van der Waals surface area contributed by atoms with Crippen LogP contribution in [-0.4, -0.2) is 23.0 Å². The minimum atomic E-state index is -0.562. The molecule has 0 unspecified atom stereocenters. The summed E-state index contributed by atoms with van der Waals surface area (Å²) >= 11 is 0. The van der Waals surface area contributed by atoms with Gasteiger partial charge in [0.25, 0.3) is 0 Å². The molecule has 0 aromatic heterocycles. The van der Waals surface area contributed by atoms with E-state index in [0.29, 0.717) is 17.2 Å². The molecule has 0 bridgehead atoms. The predicted molar refractivity (Wildman–Crippen MR) is 164 cm³/mol. The van der Waals surface area contributed by atoms with E-state index in [1.807, 2.05) is 0 Å². The van der Waals surface area contributed by atoms with E-state index in [1.54, 1.807) is 0 Å². The molecule has 0 N–H and O–H groups in total. The summed E-state index contributed by atoms with van der Waals surface area (Å²) in [4.78, 5) is 0. The van der Waals surface area contributed by atoms with Crippen molar-refractivity contribution in [2.75, 3.05) is 0 Å². The third-order valence-electron chi connectivity index (χ3n) is 7.65. The molecular formula is C34H38OP2. The number of ether oxygens (including phenoxy) is 1. The zero-order valence-corrected chi connectivity index (χ0v) is 24.2. The van der Waals surface area contributed by atoms with Crippen LogP contribution in [0.25, 0.3) is 0 Å². The monoisotopic (exact) mass is 524 g/mol. The van der Waals surface area contributed by atoms with Crippen molar-refractivity contribution < 1.29 is 4.74 Å². The fourth-order valence-electron chi connectivity index (χ4n) is 6.02. The molecule has 0 saturated carbocycles. The molecule has 4 aromatic carbocycles. The predicted octanol–water partition coefficient (Wildman–Crippen LogP) is 7.21. The highest BCUT2D eigenvalue weighted by Crippen LogP contribution is 2.54. The Morgan fingerprint density at radius 2 is 0.892 bits per heavy atom. The summed E-state index contributed by atoms with van der Waals surface area (Å²) in [6.45, 7) is 9.53. The minimum Gasteiger partial charge on any atom is -0.371 e. The standard InChI is InChI=1S/C34H38OP2/c1-26(36(28-17-9-5-10-18-28)29-19-11-6-12-20-29)32-25-34(3,4)35-33(32)27(2)37(30-21-13-7-14-22-30)31-23-15-8-16-24-31/h5-24,26-27,32-33H,25H2,1-4H3/t26-,27-,32-,33-/m1/s1. The van der Waals surface area contributed by atoms with Gasteiger partial charge in [-0.25, -0.2) is 0 Å². The van der Waals surface area contributed by atoms with Gasteiger partial charge in [0.2, 0.25) is 0 Å². The second-order valence-electron chi connectivity index (χ2n) is 10.8. The fourth-order valence-corrected chi connectivity index (χ4v) is 11.7. The van der Waals surface area contributed by atoms with Crippen LogP contribution >= 0.6 is 15.8 Å². The molecule has 4 aromatic rings. The Labute approximate surface area is 225 Å². The molecular weight excluding hydrogens is 486 g/mol. The molecule has 0 radical (unpaired) electrons. The number of rotatable bonds is 8.